The first-order chi connectivity index (χ1) is 12.4. The molecule has 1 fully saturated rings. The van der Waals surface area contributed by atoms with Gasteiger partial charge >= 0.3 is 0 Å². The molecule has 7 nitrogen and oxygen atoms in total. The number of aryl methyl sites for hydroxylation is 1. The van der Waals surface area contributed by atoms with Crippen LogP contribution in [0.25, 0.3) is 0 Å². The van der Waals surface area contributed by atoms with E-state index in [0.29, 0.717) is 19.8 Å². The van der Waals surface area contributed by atoms with Gasteiger partial charge in [0, 0.05) is 25.3 Å². The lowest BCUT2D eigenvalue weighted by Crippen LogP contribution is -2.47. The Kier molecular flexibility index (Phi) is 12.1. The maximum atomic E-state index is 12.1. The zero-order valence-electron chi connectivity index (χ0n) is 16.7. The van der Waals surface area contributed by atoms with Crippen LogP contribution in [0, 0.1) is 12.8 Å². The number of morpholine rings is 1. The van der Waals surface area contributed by atoms with E-state index in [0.717, 1.165) is 24.3 Å². The van der Waals surface area contributed by atoms with Gasteiger partial charge in [-0.1, -0.05) is 26.0 Å². The van der Waals surface area contributed by atoms with Crippen LogP contribution in [0.3, 0.4) is 0 Å². The van der Waals surface area contributed by atoms with Crippen LogP contribution < -0.4 is 21.3 Å². The van der Waals surface area contributed by atoms with Crippen molar-refractivity contribution in [3.8, 4) is 0 Å². The average Bonchev–Trinajstić information content (AvgIpc) is 2.64. The number of halogens is 2. The van der Waals surface area contributed by atoms with E-state index in [2.05, 4.69) is 28.5 Å². The van der Waals surface area contributed by atoms with Gasteiger partial charge < -0.3 is 26.0 Å². The van der Waals surface area contributed by atoms with Gasteiger partial charge in [-0.2, -0.15) is 0 Å². The van der Waals surface area contributed by atoms with Crippen LogP contribution in [0.5, 0.6) is 0 Å². The largest absolute Gasteiger partial charge is 0.378 e. The first-order valence-corrected chi connectivity index (χ1v) is 9.10. The lowest BCUT2D eigenvalue weighted by atomic mass is 10.1. The van der Waals surface area contributed by atoms with E-state index >= 15 is 0 Å². The molecule has 9 heteroatoms. The average molecular weight is 435 g/mol. The van der Waals surface area contributed by atoms with Gasteiger partial charge in [0.2, 0.25) is 11.8 Å². The molecule has 0 unspecified atom stereocenters. The van der Waals surface area contributed by atoms with Crippen LogP contribution in [0.4, 0.5) is 5.69 Å². The molecule has 2 rings (SSSR count). The van der Waals surface area contributed by atoms with Crippen LogP contribution in [0.1, 0.15) is 25.0 Å². The molecule has 1 heterocycles. The molecular weight excluding hydrogens is 403 g/mol. The van der Waals surface area contributed by atoms with Crippen molar-refractivity contribution in [3.05, 3.63) is 29.3 Å². The summed E-state index contributed by atoms with van der Waals surface area (Å²) in [6.07, 6.45) is 0. The summed E-state index contributed by atoms with van der Waals surface area (Å²) in [6.45, 7) is 9.24. The maximum absolute atomic E-state index is 12.1. The molecule has 1 aromatic carbocycles. The van der Waals surface area contributed by atoms with E-state index in [1.165, 1.54) is 5.56 Å². The molecule has 1 atom stereocenters. The first-order valence-electron chi connectivity index (χ1n) is 9.10. The van der Waals surface area contributed by atoms with Crippen molar-refractivity contribution < 1.29 is 14.3 Å². The Balaban J connectivity index is 0.00000364. The van der Waals surface area contributed by atoms with Gasteiger partial charge in [0.1, 0.15) is 0 Å². The van der Waals surface area contributed by atoms with Crippen molar-refractivity contribution >= 4 is 42.3 Å². The number of carbonyl (C=O) groups excluding carboxylic acids is 2. The van der Waals surface area contributed by atoms with Crippen LogP contribution >= 0.6 is 24.8 Å². The van der Waals surface area contributed by atoms with Crippen molar-refractivity contribution in [2.75, 3.05) is 37.7 Å². The van der Waals surface area contributed by atoms with E-state index < -0.39 is 6.04 Å². The van der Waals surface area contributed by atoms with Gasteiger partial charge in [-0.3, -0.25) is 9.59 Å². The van der Waals surface area contributed by atoms with E-state index in [9.17, 15) is 9.59 Å². The summed E-state index contributed by atoms with van der Waals surface area (Å²) in [5.41, 5.74) is 9.12. The fraction of sp³-hybridized carbons (Fsp3) is 0.579. The Morgan fingerprint density at radius 3 is 2.43 bits per heavy atom. The summed E-state index contributed by atoms with van der Waals surface area (Å²) in [4.78, 5) is 26.2. The van der Waals surface area contributed by atoms with Gasteiger partial charge in [0.05, 0.1) is 25.8 Å². The van der Waals surface area contributed by atoms with Crippen molar-refractivity contribution in [2.45, 2.75) is 33.4 Å². The number of amides is 2. The van der Waals surface area contributed by atoms with Gasteiger partial charge in [-0.25, -0.2) is 0 Å². The molecule has 4 N–H and O–H groups in total. The highest BCUT2D eigenvalue weighted by Gasteiger charge is 2.18. The smallest absolute Gasteiger partial charge is 0.239 e. The van der Waals surface area contributed by atoms with Crippen LogP contribution in [0.15, 0.2) is 18.2 Å². The second-order valence-corrected chi connectivity index (χ2v) is 7.00. The first kappa shape index (κ1) is 26.5. The zero-order valence-corrected chi connectivity index (χ0v) is 18.3. The number of carbonyl (C=O) groups is 2. The number of benzene rings is 1. The fourth-order valence-electron chi connectivity index (χ4n) is 2.77. The topological polar surface area (TPSA) is 96.7 Å². The SMILES string of the molecule is Cc1ccc(CNC(=O)CNC(=O)[C@@H](N)C(C)C)c(N2CCOCC2)c1.Cl.Cl. The number of anilines is 1. The quantitative estimate of drug-likeness (QED) is 0.602. The lowest BCUT2D eigenvalue weighted by Gasteiger charge is -2.31. The Morgan fingerprint density at radius 1 is 1.18 bits per heavy atom. The minimum Gasteiger partial charge on any atom is -0.378 e. The molecule has 0 saturated carbocycles. The molecule has 2 amide bonds. The second-order valence-electron chi connectivity index (χ2n) is 7.00. The number of nitrogens with zero attached hydrogens (tertiary/aromatic N) is 1. The van der Waals surface area contributed by atoms with E-state index in [1.807, 2.05) is 26.0 Å². The summed E-state index contributed by atoms with van der Waals surface area (Å²) < 4.78 is 5.42. The minimum atomic E-state index is -0.604. The number of nitrogens with one attached hydrogen (secondary N) is 2. The lowest BCUT2D eigenvalue weighted by molar-refractivity contribution is -0.127. The van der Waals surface area contributed by atoms with E-state index in [-0.39, 0.29) is 49.1 Å². The summed E-state index contributed by atoms with van der Waals surface area (Å²) >= 11 is 0. The highest BCUT2D eigenvalue weighted by Crippen LogP contribution is 2.23. The molecular formula is C19H32Cl2N4O3. The highest BCUT2D eigenvalue weighted by molar-refractivity contribution is 5.87. The van der Waals surface area contributed by atoms with Crippen molar-refractivity contribution in [1.29, 1.82) is 0 Å². The molecule has 28 heavy (non-hydrogen) atoms. The molecule has 1 aliphatic rings. The summed E-state index contributed by atoms with van der Waals surface area (Å²) in [5, 5.41) is 5.45. The number of hydrogen-bond acceptors (Lipinski definition) is 5. The molecule has 0 bridgehead atoms. The van der Waals surface area contributed by atoms with Gasteiger partial charge in [-0.15, -0.1) is 24.8 Å². The number of hydrogen-bond donors (Lipinski definition) is 3. The van der Waals surface area contributed by atoms with E-state index in [1.54, 1.807) is 0 Å². The predicted octanol–water partition coefficient (Wildman–Crippen LogP) is 1.39. The summed E-state index contributed by atoms with van der Waals surface area (Å²) in [7, 11) is 0. The standard InChI is InChI=1S/C19H30N4O3.2ClH/c1-13(2)18(20)19(25)22-12-17(24)21-11-15-5-4-14(3)10-16(15)23-6-8-26-9-7-23;;/h4-5,10,13,18H,6-9,11-12,20H2,1-3H3,(H,21,24)(H,22,25);2*1H/t18-;;/m0../s1. The molecule has 1 saturated heterocycles. The molecule has 0 spiro atoms. The second kappa shape index (κ2) is 12.8. The normalized spacial score (nSPS) is 14.5. The Bertz CT molecular complexity index is 638. The molecule has 160 valence electrons. The molecule has 0 aliphatic carbocycles. The third kappa shape index (κ3) is 7.83. The van der Waals surface area contributed by atoms with Crippen LogP contribution in [0.2, 0.25) is 0 Å². The molecule has 1 aliphatic heterocycles. The Hall–Kier alpha value is -1.54. The molecule has 0 aromatic heterocycles. The fourth-order valence-corrected chi connectivity index (χ4v) is 2.77. The monoisotopic (exact) mass is 434 g/mol. The summed E-state index contributed by atoms with van der Waals surface area (Å²) in [6, 6.07) is 5.60. The summed E-state index contributed by atoms with van der Waals surface area (Å²) in [5.74, 6) is -0.510. The highest BCUT2D eigenvalue weighted by atomic mass is 35.5. The third-order valence-corrected chi connectivity index (χ3v) is 4.51. The van der Waals surface area contributed by atoms with Crippen LogP contribution in [-0.2, 0) is 20.9 Å². The van der Waals surface area contributed by atoms with Gasteiger partial charge in [0.25, 0.3) is 0 Å². The van der Waals surface area contributed by atoms with Gasteiger partial charge in [0.15, 0.2) is 0 Å². The van der Waals surface area contributed by atoms with Crippen molar-refractivity contribution in [3.63, 3.8) is 0 Å². The number of nitrogens with two attached hydrogens (primary N) is 1. The van der Waals surface area contributed by atoms with Crippen molar-refractivity contribution in [1.82, 2.24) is 10.6 Å². The predicted molar refractivity (Wildman–Crippen MR) is 116 cm³/mol. The van der Waals surface area contributed by atoms with Crippen LogP contribution in [-0.4, -0.2) is 50.7 Å². The molecule has 1 aromatic rings. The number of ether oxygens (including phenoxy) is 1. The van der Waals surface area contributed by atoms with Crippen molar-refractivity contribution in [2.24, 2.45) is 11.7 Å². The minimum absolute atomic E-state index is 0. The zero-order chi connectivity index (χ0) is 19.1. The number of rotatable bonds is 7. The van der Waals surface area contributed by atoms with Gasteiger partial charge in [-0.05, 0) is 30.0 Å². The Labute approximate surface area is 179 Å². The van der Waals surface area contributed by atoms with E-state index in [4.69, 9.17) is 10.5 Å². The maximum Gasteiger partial charge on any atom is 0.239 e. The molecule has 0 radical (unpaired) electrons. The third-order valence-electron chi connectivity index (χ3n) is 4.51. The Morgan fingerprint density at radius 2 is 1.82 bits per heavy atom.